The number of hydrogen-bond donors (Lipinski definition) is 2. The van der Waals surface area contributed by atoms with Gasteiger partial charge >= 0.3 is 11.9 Å². The van der Waals surface area contributed by atoms with Crippen LogP contribution in [-0.2, 0) is 25.2 Å². The fourth-order valence-electron chi connectivity index (χ4n) is 1.93. The summed E-state index contributed by atoms with van der Waals surface area (Å²) in [4.78, 5) is 21.3. The van der Waals surface area contributed by atoms with Crippen LogP contribution in [0, 0.1) is 5.92 Å². The lowest BCUT2D eigenvalue weighted by Crippen LogP contribution is -2.23. The highest BCUT2D eigenvalue weighted by Crippen LogP contribution is 2.16. The van der Waals surface area contributed by atoms with Crippen LogP contribution in [0.2, 0.25) is 0 Å². The number of hydrogen-bond acceptors (Lipinski definition) is 4. The van der Waals surface area contributed by atoms with Crippen LogP contribution in [0.15, 0.2) is 30.3 Å². The van der Waals surface area contributed by atoms with Gasteiger partial charge in [-0.1, -0.05) is 30.3 Å². The Labute approximate surface area is 117 Å². The number of benzene rings is 1. The molecular weight excluding hydrogens is 284 g/mol. The summed E-state index contributed by atoms with van der Waals surface area (Å²) in [6, 6.07) is 8.48. The van der Waals surface area contributed by atoms with E-state index in [9.17, 15) is 18.0 Å². The minimum atomic E-state index is -3.55. The normalized spacial score (nSPS) is 11.4. The van der Waals surface area contributed by atoms with Crippen molar-refractivity contribution in [2.45, 2.75) is 18.6 Å². The van der Waals surface area contributed by atoms with E-state index in [1.807, 2.05) is 0 Å². The predicted octanol–water partition coefficient (Wildman–Crippen LogP) is 1.17. The highest BCUT2D eigenvalue weighted by molar-refractivity contribution is 7.90. The molecule has 0 heterocycles. The Morgan fingerprint density at radius 3 is 1.95 bits per heavy atom. The zero-order valence-corrected chi connectivity index (χ0v) is 11.5. The second-order valence-corrected chi connectivity index (χ2v) is 6.71. The molecule has 0 saturated carbocycles. The van der Waals surface area contributed by atoms with Gasteiger partial charge in [0.2, 0.25) is 0 Å². The van der Waals surface area contributed by atoms with Crippen LogP contribution in [0.25, 0.3) is 0 Å². The first-order chi connectivity index (χ1) is 9.28. The molecule has 0 atom stereocenters. The van der Waals surface area contributed by atoms with E-state index in [1.54, 1.807) is 30.3 Å². The Balaban J connectivity index is 2.75. The van der Waals surface area contributed by atoms with Crippen molar-refractivity contribution in [3.8, 4) is 0 Å². The largest absolute Gasteiger partial charge is 0.481 e. The lowest BCUT2D eigenvalue weighted by atomic mass is 10.0. The van der Waals surface area contributed by atoms with Crippen molar-refractivity contribution in [1.82, 2.24) is 0 Å². The van der Waals surface area contributed by atoms with Gasteiger partial charge in [-0.2, -0.15) is 0 Å². The van der Waals surface area contributed by atoms with E-state index in [0.717, 1.165) is 0 Å². The van der Waals surface area contributed by atoms with E-state index in [-0.39, 0.29) is 5.75 Å². The second-order valence-electron chi connectivity index (χ2n) is 4.60. The molecule has 1 aromatic carbocycles. The van der Waals surface area contributed by atoms with Crippen LogP contribution in [-0.4, -0.2) is 36.3 Å². The van der Waals surface area contributed by atoms with Crippen LogP contribution in [0.1, 0.15) is 18.4 Å². The summed E-state index contributed by atoms with van der Waals surface area (Å²) < 4.78 is 24.0. The second kappa shape index (κ2) is 7.04. The Morgan fingerprint density at radius 1 is 1.00 bits per heavy atom. The highest BCUT2D eigenvalue weighted by Gasteiger charge is 2.24. The van der Waals surface area contributed by atoms with E-state index < -0.39 is 46.3 Å². The number of rotatable bonds is 8. The third-order valence-corrected chi connectivity index (χ3v) is 4.40. The molecule has 1 rings (SSSR count). The van der Waals surface area contributed by atoms with Gasteiger partial charge in [0, 0.05) is 12.8 Å². The van der Waals surface area contributed by atoms with E-state index in [4.69, 9.17) is 10.2 Å². The molecule has 0 aliphatic rings. The lowest BCUT2D eigenvalue weighted by Gasteiger charge is -2.13. The molecule has 0 fully saturated rings. The highest BCUT2D eigenvalue weighted by atomic mass is 32.2. The first-order valence-electron chi connectivity index (χ1n) is 5.96. The van der Waals surface area contributed by atoms with E-state index >= 15 is 0 Å². The molecule has 0 amide bonds. The molecule has 6 nitrogen and oxygen atoms in total. The van der Waals surface area contributed by atoms with Crippen LogP contribution in [0.4, 0.5) is 0 Å². The van der Waals surface area contributed by atoms with Crippen LogP contribution < -0.4 is 0 Å². The van der Waals surface area contributed by atoms with Crippen molar-refractivity contribution in [3.05, 3.63) is 35.9 Å². The Bertz CT molecular complexity index is 548. The minimum absolute atomic E-state index is 0.219. The van der Waals surface area contributed by atoms with E-state index in [1.165, 1.54) is 0 Å². The van der Waals surface area contributed by atoms with E-state index in [0.29, 0.717) is 5.56 Å². The molecule has 0 spiro atoms. The standard InChI is InChI=1S/C13H16O6S/c14-12(15)6-11(7-13(16)17)9-20(18,19)8-10-4-2-1-3-5-10/h1-5,11H,6-9H2,(H,14,15)(H,16,17). The Morgan fingerprint density at radius 2 is 1.50 bits per heavy atom. The smallest absolute Gasteiger partial charge is 0.303 e. The zero-order chi connectivity index (χ0) is 15.2. The van der Waals surface area contributed by atoms with Gasteiger partial charge in [0.15, 0.2) is 9.84 Å². The summed E-state index contributed by atoms with van der Waals surface area (Å²) >= 11 is 0. The summed E-state index contributed by atoms with van der Waals surface area (Å²) in [6.07, 6.45) is -0.944. The fraction of sp³-hybridized carbons (Fsp3) is 0.385. The maximum atomic E-state index is 12.0. The molecule has 0 saturated heterocycles. The average molecular weight is 300 g/mol. The topological polar surface area (TPSA) is 109 Å². The summed E-state index contributed by atoms with van der Waals surface area (Å²) in [6.45, 7) is 0. The van der Waals surface area contributed by atoms with Crippen molar-refractivity contribution >= 4 is 21.8 Å². The molecule has 0 aromatic heterocycles. The van der Waals surface area contributed by atoms with Crippen LogP contribution in [0.3, 0.4) is 0 Å². The third-order valence-electron chi connectivity index (χ3n) is 2.65. The molecular formula is C13H16O6S. The maximum Gasteiger partial charge on any atom is 0.303 e. The molecule has 0 unspecified atom stereocenters. The SMILES string of the molecule is O=C(O)CC(CC(=O)O)CS(=O)(=O)Cc1ccccc1. The quantitative estimate of drug-likeness (QED) is 0.746. The lowest BCUT2D eigenvalue weighted by molar-refractivity contribution is -0.140. The number of carbonyl (C=O) groups is 2. The molecule has 0 radical (unpaired) electrons. The molecule has 7 heteroatoms. The monoisotopic (exact) mass is 300 g/mol. The number of carboxylic acid groups (broad SMARTS) is 2. The third kappa shape index (κ3) is 6.33. The molecule has 0 aliphatic heterocycles. The maximum absolute atomic E-state index is 12.0. The summed E-state index contributed by atoms with van der Waals surface area (Å²) in [5, 5.41) is 17.4. The van der Waals surface area contributed by atoms with Crippen molar-refractivity contribution in [2.75, 3.05) is 5.75 Å². The minimum Gasteiger partial charge on any atom is -0.481 e. The number of carboxylic acids is 2. The zero-order valence-electron chi connectivity index (χ0n) is 10.7. The van der Waals surface area contributed by atoms with Crippen LogP contribution >= 0.6 is 0 Å². The number of sulfone groups is 1. The molecule has 20 heavy (non-hydrogen) atoms. The molecule has 0 aliphatic carbocycles. The van der Waals surface area contributed by atoms with Crippen molar-refractivity contribution < 1.29 is 28.2 Å². The van der Waals surface area contributed by atoms with Gasteiger partial charge < -0.3 is 10.2 Å². The average Bonchev–Trinajstić information content (AvgIpc) is 2.26. The number of aliphatic carboxylic acids is 2. The Hall–Kier alpha value is -1.89. The molecule has 1 aromatic rings. The van der Waals surface area contributed by atoms with Gasteiger partial charge in [0.1, 0.15) is 0 Å². The van der Waals surface area contributed by atoms with Crippen LogP contribution in [0.5, 0.6) is 0 Å². The summed E-state index contributed by atoms with van der Waals surface area (Å²) in [7, 11) is -3.55. The van der Waals surface area contributed by atoms with Gasteiger partial charge in [-0.15, -0.1) is 0 Å². The summed E-state index contributed by atoms with van der Waals surface area (Å²) in [5.74, 6) is -3.99. The predicted molar refractivity (Wildman–Crippen MR) is 71.9 cm³/mol. The first-order valence-corrected chi connectivity index (χ1v) is 7.78. The van der Waals surface area contributed by atoms with Crippen molar-refractivity contribution in [1.29, 1.82) is 0 Å². The van der Waals surface area contributed by atoms with Crippen molar-refractivity contribution in [3.63, 3.8) is 0 Å². The van der Waals surface area contributed by atoms with Crippen molar-refractivity contribution in [2.24, 2.45) is 5.92 Å². The van der Waals surface area contributed by atoms with Gasteiger partial charge in [-0.25, -0.2) is 8.42 Å². The molecule has 0 bridgehead atoms. The van der Waals surface area contributed by atoms with Gasteiger partial charge in [0.25, 0.3) is 0 Å². The fourth-order valence-corrected chi connectivity index (χ4v) is 3.70. The first kappa shape index (κ1) is 16.2. The molecule has 2 N–H and O–H groups in total. The van der Waals surface area contributed by atoms with Gasteiger partial charge in [0.05, 0.1) is 11.5 Å². The summed E-state index contributed by atoms with van der Waals surface area (Å²) in [5.41, 5.74) is 0.594. The Kier molecular flexibility index (Phi) is 5.69. The van der Waals surface area contributed by atoms with Gasteiger partial charge in [-0.05, 0) is 11.5 Å². The van der Waals surface area contributed by atoms with Gasteiger partial charge in [-0.3, -0.25) is 9.59 Å². The van der Waals surface area contributed by atoms with E-state index in [2.05, 4.69) is 0 Å². The molecule has 110 valence electrons.